The molecule has 1 aliphatic rings. The number of nitrogens with two attached hydrogens (primary N) is 1. The zero-order chi connectivity index (χ0) is 19.7. The molecule has 0 bridgehead atoms. The average molecular weight is 403 g/mol. The summed E-state index contributed by atoms with van der Waals surface area (Å²) in [5.41, 5.74) is 7.92. The van der Waals surface area contributed by atoms with Gasteiger partial charge in [-0.15, -0.1) is 0 Å². The lowest BCUT2D eigenvalue weighted by molar-refractivity contribution is 0.0541. The van der Waals surface area contributed by atoms with Gasteiger partial charge in [0.1, 0.15) is 29.8 Å². The molecule has 1 saturated carbocycles. The van der Waals surface area contributed by atoms with E-state index in [4.69, 9.17) is 22.1 Å². The van der Waals surface area contributed by atoms with Gasteiger partial charge in [0.2, 0.25) is 0 Å². The van der Waals surface area contributed by atoms with E-state index in [9.17, 15) is 9.50 Å². The number of nitrogens with one attached hydrogen (secondary N) is 1. The fourth-order valence-electron chi connectivity index (χ4n) is 3.42. The third kappa shape index (κ3) is 3.95. The fraction of sp³-hybridized carbons (Fsp3) is 0.300. The molecule has 28 heavy (non-hydrogen) atoms. The highest BCUT2D eigenvalue weighted by atomic mass is 35.5. The quantitative estimate of drug-likeness (QED) is 0.559. The van der Waals surface area contributed by atoms with Crippen LogP contribution in [0.5, 0.6) is 5.75 Å². The second-order valence-corrected chi connectivity index (χ2v) is 7.35. The maximum absolute atomic E-state index is 13.4. The van der Waals surface area contributed by atoms with Crippen molar-refractivity contribution < 1.29 is 14.2 Å². The second-order valence-electron chi connectivity index (χ2n) is 6.94. The second kappa shape index (κ2) is 7.77. The topological polar surface area (TPSA) is 93.3 Å². The molecule has 1 heterocycles. The number of benzene rings is 2. The third-order valence-electron chi connectivity index (χ3n) is 4.84. The van der Waals surface area contributed by atoms with Crippen LogP contribution in [0.1, 0.15) is 25.7 Å². The Morgan fingerprint density at radius 3 is 2.86 bits per heavy atom. The van der Waals surface area contributed by atoms with E-state index in [0.717, 1.165) is 19.3 Å². The predicted molar refractivity (Wildman–Crippen MR) is 108 cm³/mol. The van der Waals surface area contributed by atoms with Gasteiger partial charge in [-0.2, -0.15) is 0 Å². The normalized spacial score (nSPS) is 19.5. The first kappa shape index (κ1) is 18.7. The molecule has 4 rings (SSSR count). The van der Waals surface area contributed by atoms with Crippen LogP contribution in [0.15, 0.2) is 36.7 Å². The molecule has 4 N–H and O–H groups in total. The zero-order valence-electron chi connectivity index (χ0n) is 15.0. The molecule has 3 aromatic rings. The van der Waals surface area contributed by atoms with Crippen LogP contribution >= 0.6 is 11.6 Å². The average Bonchev–Trinajstić information content (AvgIpc) is 2.66. The van der Waals surface area contributed by atoms with E-state index >= 15 is 0 Å². The van der Waals surface area contributed by atoms with Gasteiger partial charge in [-0.3, -0.25) is 0 Å². The molecule has 2 atom stereocenters. The molecule has 0 amide bonds. The molecule has 1 aromatic heterocycles. The van der Waals surface area contributed by atoms with Crippen LogP contribution in [0.4, 0.5) is 21.6 Å². The first-order valence-corrected chi connectivity index (χ1v) is 9.48. The minimum atomic E-state index is -0.487. The Bertz CT molecular complexity index is 1020. The van der Waals surface area contributed by atoms with Crippen LogP contribution in [-0.2, 0) is 0 Å². The van der Waals surface area contributed by atoms with Gasteiger partial charge in [0, 0.05) is 23.6 Å². The molecule has 0 aliphatic heterocycles. The molecule has 1 fully saturated rings. The molecule has 2 aromatic carbocycles. The van der Waals surface area contributed by atoms with Gasteiger partial charge in [0.05, 0.1) is 22.3 Å². The molecular weight excluding hydrogens is 383 g/mol. The Morgan fingerprint density at radius 2 is 2.07 bits per heavy atom. The fourth-order valence-corrected chi connectivity index (χ4v) is 3.60. The van der Waals surface area contributed by atoms with Crippen molar-refractivity contribution in [3.05, 3.63) is 47.5 Å². The van der Waals surface area contributed by atoms with Crippen LogP contribution in [0.2, 0.25) is 5.02 Å². The van der Waals surface area contributed by atoms with Gasteiger partial charge < -0.3 is 20.9 Å². The summed E-state index contributed by atoms with van der Waals surface area (Å²) in [5.74, 6) is 0.582. The predicted octanol–water partition coefficient (Wildman–Crippen LogP) is 4.43. The number of hydrogen-bond acceptors (Lipinski definition) is 6. The lowest BCUT2D eigenvalue weighted by atomic mass is 9.95. The number of rotatable bonds is 4. The smallest absolute Gasteiger partial charge is 0.144 e. The SMILES string of the molecule is Nc1cc2c(Nc3ccc(F)c(Cl)c3)ncnc2cc1OC1CCCC(O)C1. The van der Waals surface area contributed by atoms with Crippen molar-refractivity contribution in [1.29, 1.82) is 0 Å². The lowest BCUT2D eigenvalue weighted by Gasteiger charge is -2.27. The summed E-state index contributed by atoms with van der Waals surface area (Å²) in [6, 6.07) is 7.87. The Hall–Kier alpha value is -2.64. The highest BCUT2D eigenvalue weighted by Crippen LogP contribution is 2.34. The van der Waals surface area contributed by atoms with Crippen molar-refractivity contribution in [1.82, 2.24) is 9.97 Å². The van der Waals surface area contributed by atoms with E-state index in [2.05, 4.69) is 15.3 Å². The number of ether oxygens (including phenoxy) is 1. The highest BCUT2D eigenvalue weighted by molar-refractivity contribution is 6.31. The maximum atomic E-state index is 13.4. The van der Waals surface area contributed by atoms with Crippen LogP contribution in [0.25, 0.3) is 10.9 Å². The Labute approximate surface area is 166 Å². The molecule has 0 saturated heterocycles. The minimum Gasteiger partial charge on any atom is -0.488 e. The summed E-state index contributed by atoms with van der Waals surface area (Å²) in [5, 5.41) is 13.7. The van der Waals surface area contributed by atoms with Crippen molar-refractivity contribution in [2.24, 2.45) is 0 Å². The first-order chi connectivity index (χ1) is 13.5. The number of aromatic nitrogens is 2. The number of aliphatic hydroxyl groups is 1. The van der Waals surface area contributed by atoms with Crippen molar-refractivity contribution >= 4 is 39.7 Å². The summed E-state index contributed by atoms with van der Waals surface area (Å²) >= 11 is 5.85. The van der Waals surface area contributed by atoms with Gasteiger partial charge in [-0.25, -0.2) is 14.4 Å². The molecule has 2 unspecified atom stereocenters. The molecule has 1 aliphatic carbocycles. The number of aliphatic hydroxyl groups excluding tert-OH is 1. The molecular formula is C20H20ClFN4O2. The third-order valence-corrected chi connectivity index (χ3v) is 5.13. The van der Waals surface area contributed by atoms with Crippen molar-refractivity contribution in [3.8, 4) is 5.75 Å². The molecule has 0 radical (unpaired) electrons. The van der Waals surface area contributed by atoms with Gasteiger partial charge in [0.25, 0.3) is 0 Å². The van der Waals surface area contributed by atoms with Crippen LogP contribution in [-0.4, -0.2) is 27.3 Å². The molecule has 0 spiro atoms. The Kier molecular flexibility index (Phi) is 5.19. The monoisotopic (exact) mass is 402 g/mol. The largest absolute Gasteiger partial charge is 0.488 e. The number of nitrogen functional groups attached to an aromatic ring is 1. The molecule has 6 nitrogen and oxygen atoms in total. The summed E-state index contributed by atoms with van der Waals surface area (Å²) in [7, 11) is 0. The summed E-state index contributed by atoms with van der Waals surface area (Å²) in [4.78, 5) is 8.57. The number of anilines is 3. The van der Waals surface area contributed by atoms with Crippen LogP contribution in [0, 0.1) is 5.82 Å². The molecule has 146 valence electrons. The summed E-state index contributed by atoms with van der Waals surface area (Å²) in [6.45, 7) is 0. The van der Waals surface area contributed by atoms with E-state index in [-0.39, 0.29) is 17.2 Å². The number of fused-ring (bicyclic) bond motifs is 1. The van der Waals surface area contributed by atoms with Gasteiger partial charge in [-0.05, 0) is 43.5 Å². The maximum Gasteiger partial charge on any atom is 0.144 e. The minimum absolute atomic E-state index is 0.0215. The van der Waals surface area contributed by atoms with Crippen molar-refractivity contribution in [2.45, 2.75) is 37.9 Å². The van der Waals surface area contributed by atoms with E-state index in [1.165, 1.54) is 18.5 Å². The number of halogens is 2. The summed E-state index contributed by atoms with van der Waals surface area (Å²) < 4.78 is 19.4. The first-order valence-electron chi connectivity index (χ1n) is 9.10. The standard InChI is InChI=1S/C20H20ClFN4O2/c21-15-6-11(4-5-16(15)22)26-20-14-8-17(23)19(9-18(14)24-10-25-20)28-13-3-1-2-12(27)7-13/h4-6,8-10,12-13,27H,1-3,7,23H2,(H,24,25,26). The van der Waals surface area contributed by atoms with Crippen LogP contribution < -0.4 is 15.8 Å². The van der Waals surface area contributed by atoms with E-state index in [0.29, 0.717) is 40.3 Å². The number of nitrogens with zero attached hydrogens (tertiary/aromatic N) is 2. The van der Waals surface area contributed by atoms with Crippen molar-refractivity contribution in [2.75, 3.05) is 11.1 Å². The lowest BCUT2D eigenvalue weighted by Crippen LogP contribution is -2.28. The highest BCUT2D eigenvalue weighted by Gasteiger charge is 2.22. The van der Waals surface area contributed by atoms with E-state index in [1.54, 1.807) is 18.2 Å². The Morgan fingerprint density at radius 1 is 1.21 bits per heavy atom. The summed E-state index contributed by atoms with van der Waals surface area (Å²) in [6.07, 6.45) is 4.25. The van der Waals surface area contributed by atoms with E-state index < -0.39 is 5.82 Å². The molecule has 8 heteroatoms. The van der Waals surface area contributed by atoms with E-state index in [1.807, 2.05) is 0 Å². The zero-order valence-corrected chi connectivity index (χ0v) is 15.8. The van der Waals surface area contributed by atoms with Gasteiger partial charge in [-0.1, -0.05) is 11.6 Å². The van der Waals surface area contributed by atoms with Gasteiger partial charge >= 0.3 is 0 Å². The van der Waals surface area contributed by atoms with Crippen LogP contribution in [0.3, 0.4) is 0 Å². The van der Waals surface area contributed by atoms with Crippen molar-refractivity contribution in [3.63, 3.8) is 0 Å². The van der Waals surface area contributed by atoms with Gasteiger partial charge in [0.15, 0.2) is 0 Å². The number of hydrogen-bond donors (Lipinski definition) is 3. The Balaban J connectivity index is 1.63.